The number of nitrogens with one attached hydrogen (secondary N) is 3. The van der Waals surface area contributed by atoms with Crippen molar-refractivity contribution in [2.24, 2.45) is 0 Å². The molecule has 0 aliphatic carbocycles. The fourth-order valence-electron chi connectivity index (χ4n) is 11.0. The smallest absolute Gasteiger partial charge is 0.462 e. The minimum Gasteiger partial charge on any atom is -0.462 e. The van der Waals surface area contributed by atoms with Crippen molar-refractivity contribution in [1.29, 1.82) is 0 Å². The zero-order valence-corrected chi connectivity index (χ0v) is 61.2. The maximum absolute atomic E-state index is 12.3. The summed E-state index contributed by atoms with van der Waals surface area (Å²) in [5.74, 6) is -1.27. The summed E-state index contributed by atoms with van der Waals surface area (Å²) in [4.78, 5) is 64.8. The molecule has 13 aromatic rings. The van der Waals surface area contributed by atoms with E-state index in [9.17, 15) is 19.2 Å². The average molecular weight is 1470 g/mol. The Kier molecular flexibility index (Phi) is 24.4. The number of rotatable bonds is 20. The van der Waals surface area contributed by atoms with Gasteiger partial charge in [-0.05, 0) is 127 Å². The molecule has 1 aliphatic heterocycles. The van der Waals surface area contributed by atoms with Crippen LogP contribution in [-0.2, 0) is 43.2 Å². The van der Waals surface area contributed by atoms with Crippen molar-refractivity contribution in [3.05, 3.63) is 274 Å². The largest absolute Gasteiger partial charge is 0.496 e. The Balaban J connectivity index is 0.000000145. The summed E-state index contributed by atoms with van der Waals surface area (Å²) >= 11 is 18.6. The molecular formula is C79H75BCl3N13O9. The number of fused-ring (bicyclic) bond motifs is 3. The number of hydrogen-bond acceptors (Lipinski definition) is 19. The number of esters is 3. The van der Waals surface area contributed by atoms with E-state index in [0.717, 1.165) is 55.9 Å². The summed E-state index contributed by atoms with van der Waals surface area (Å²) in [6.07, 6.45) is 18.2. The van der Waals surface area contributed by atoms with Gasteiger partial charge in [-0.25, -0.2) is 27.9 Å². The number of pyridine rings is 4. The van der Waals surface area contributed by atoms with Crippen LogP contribution in [0.25, 0.3) is 50.2 Å². The summed E-state index contributed by atoms with van der Waals surface area (Å²) in [7, 11) is -0.526. The maximum atomic E-state index is 12.3. The fourth-order valence-corrected chi connectivity index (χ4v) is 11.7. The zero-order chi connectivity index (χ0) is 74.2. The molecule has 22 nitrogen and oxygen atoms in total. The van der Waals surface area contributed by atoms with Crippen LogP contribution in [0.2, 0.25) is 15.2 Å². The summed E-state index contributed by atoms with van der Waals surface area (Å²) in [6.45, 7) is 17.6. The highest BCUT2D eigenvalue weighted by molar-refractivity contribution is 6.62. The molecule has 0 amide bonds. The molecule has 11 heterocycles. The number of hydrogen-bond donors (Lipinski definition) is 3. The lowest BCUT2D eigenvalue weighted by atomic mass is 9.80. The topological polar surface area (TPSA) is 254 Å². The van der Waals surface area contributed by atoms with Crippen LogP contribution >= 0.6 is 34.8 Å². The molecule has 1 fully saturated rings. The minimum atomic E-state index is -0.526. The molecule has 14 rings (SSSR count). The van der Waals surface area contributed by atoms with E-state index >= 15 is 0 Å². The lowest BCUT2D eigenvalue weighted by Crippen LogP contribution is -2.41. The van der Waals surface area contributed by atoms with Crippen molar-refractivity contribution < 1.29 is 42.7 Å². The summed E-state index contributed by atoms with van der Waals surface area (Å²) in [6, 6.07) is 48.5. The molecule has 3 N–H and O–H groups in total. The molecule has 26 heteroatoms. The van der Waals surface area contributed by atoms with Crippen molar-refractivity contribution in [1.82, 2.24) is 48.8 Å². The van der Waals surface area contributed by atoms with Crippen LogP contribution in [0, 0.1) is 0 Å². The lowest BCUT2D eigenvalue weighted by Gasteiger charge is -2.32. The monoisotopic (exact) mass is 1470 g/mol. The van der Waals surface area contributed by atoms with E-state index in [0.29, 0.717) is 98.3 Å². The van der Waals surface area contributed by atoms with Crippen molar-refractivity contribution in [2.45, 2.75) is 86.2 Å². The maximum Gasteiger partial charge on any atom is 0.496 e. The first-order chi connectivity index (χ1) is 50.7. The van der Waals surface area contributed by atoms with Crippen LogP contribution in [0.15, 0.2) is 220 Å². The summed E-state index contributed by atoms with van der Waals surface area (Å²) < 4.78 is 32.2. The standard InChI is InChI=1S/C29H25N5O3.C22H19ClN4O2.C14H20BNO4.C14H11Cl2N3/c1-3-37-29(36)24-12-23(17-31-18-24)26-13-27(32-14-20-7-5-4-6-8-20)28-25(9-10-34(28)33-26)22-11-21(19(2)35)15-30-16-22;1-2-29-22(28)17-10-16(13-24-14-17)19-11-20(21-18(23)8-9-27(21)26-19)25-12-15-6-4-3-5-7-15;1-6-18-12(17)10-7-11(9-16-8-10)15-19-13(2,3)14(4,5)20-15;15-11-6-7-19-14(11)12(8-13(16)18-19)17-9-10-4-2-1-3-5-10/h4-13,15-18,32H,3,14H2,1-2H3;3-11,13-14,25H,2,12H2,1H3;7-9H,6H2,1-5H3;1-8,17H,9H2. The number of aromatic nitrogens is 10. The Morgan fingerprint density at radius 3 is 1.26 bits per heavy atom. The molecule has 0 unspecified atom stereocenters. The van der Waals surface area contributed by atoms with Gasteiger partial charge in [0.25, 0.3) is 0 Å². The molecule has 3 aromatic carbocycles. The predicted octanol–water partition coefficient (Wildman–Crippen LogP) is 16.1. The van der Waals surface area contributed by atoms with Crippen LogP contribution in [0.5, 0.6) is 0 Å². The second kappa shape index (κ2) is 34.3. The van der Waals surface area contributed by atoms with Gasteiger partial charge in [0.2, 0.25) is 0 Å². The second-order valence-electron chi connectivity index (χ2n) is 24.9. The van der Waals surface area contributed by atoms with Crippen LogP contribution in [0.1, 0.15) is 114 Å². The Morgan fingerprint density at radius 2 is 0.810 bits per heavy atom. The number of Topliss-reactive ketones (excluding diaryl/α,β-unsaturated/α-hetero) is 1. The second-order valence-corrected chi connectivity index (χ2v) is 26.1. The molecule has 0 saturated carbocycles. The van der Waals surface area contributed by atoms with Crippen molar-refractivity contribution >= 4 is 105 Å². The van der Waals surface area contributed by atoms with Crippen molar-refractivity contribution in [2.75, 3.05) is 35.8 Å². The van der Waals surface area contributed by atoms with E-state index in [1.54, 1.807) is 114 Å². The number of carbonyl (C=O) groups excluding carboxylic acids is 4. The number of nitrogens with zero attached hydrogens (tertiary/aromatic N) is 10. The molecule has 10 aromatic heterocycles. The third kappa shape index (κ3) is 18.5. The van der Waals surface area contributed by atoms with Crippen molar-refractivity contribution in [3.63, 3.8) is 0 Å². The van der Waals surface area contributed by atoms with Gasteiger partial charge in [0.15, 0.2) is 10.9 Å². The first-order valence-electron chi connectivity index (χ1n) is 33.8. The molecule has 534 valence electrons. The Morgan fingerprint density at radius 1 is 0.438 bits per heavy atom. The van der Waals surface area contributed by atoms with Crippen molar-refractivity contribution in [3.8, 4) is 33.6 Å². The highest BCUT2D eigenvalue weighted by Gasteiger charge is 2.52. The first-order valence-corrected chi connectivity index (χ1v) is 34.9. The Labute approximate surface area is 622 Å². The van der Waals surface area contributed by atoms with E-state index in [-0.39, 0.29) is 12.4 Å². The van der Waals surface area contributed by atoms with Crippen LogP contribution < -0.4 is 21.4 Å². The lowest BCUT2D eigenvalue weighted by molar-refractivity contribution is 0.00578. The average Bonchev–Trinajstić information content (AvgIpc) is 1.68. The van der Waals surface area contributed by atoms with Gasteiger partial charge in [-0.15, -0.1) is 0 Å². The van der Waals surface area contributed by atoms with Crippen LogP contribution in [0.4, 0.5) is 17.1 Å². The highest BCUT2D eigenvalue weighted by atomic mass is 35.5. The van der Waals surface area contributed by atoms with Gasteiger partial charge in [-0.3, -0.25) is 24.7 Å². The number of carbonyl (C=O) groups is 4. The molecule has 0 spiro atoms. The minimum absolute atomic E-state index is 0.0466. The molecular weight excluding hydrogens is 1390 g/mol. The first kappa shape index (κ1) is 74.8. The van der Waals surface area contributed by atoms with E-state index in [4.69, 9.17) is 63.4 Å². The molecule has 1 saturated heterocycles. The third-order valence-electron chi connectivity index (χ3n) is 17.0. The molecule has 0 bridgehead atoms. The summed E-state index contributed by atoms with van der Waals surface area (Å²) in [5.41, 5.74) is 14.5. The SMILES string of the molecule is CCOC(=O)c1cncc(-c2cc(NCc3ccccc3)c3c(-c4cncc(C(C)=O)c4)ccn3n2)c1.CCOC(=O)c1cncc(-c2cc(NCc3ccccc3)c3c(Cl)ccn3n2)c1.CCOC(=O)c1cncc(B2OC(C)(C)C(C)(C)O2)c1.Clc1cc(NCc2ccccc2)c2c(Cl)ccn2n1. The van der Waals surface area contributed by atoms with E-state index < -0.39 is 36.2 Å². The van der Waals surface area contributed by atoms with Gasteiger partial charge in [-0.2, -0.15) is 15.3 Å². The number of halogens is 3. The molecule has 1 aliphatic rings. The van der Waals surface area contributed by atoms with Gasteiger partial charge < -0.3 is 39.5 Å². The van der Waals surface area contributed by atoms with Gasteiger partial charge in [-0.1, -0.05) is 126 Å². The van der Waals surface area contributed by atoms with E-state index in [1.807, 2.05) is 113 Å². The Bertz CT molecular complexity index is 5200. The highest BCUT2D eigenvalue weighted by Crippen LogP contribution is 2.38. The van der Waals surface area contributed by atoms with Gasteiger partial charge in [0.1, 0.15) is 11.0 Å². The number of ketones is 1. The zero-order valence-electron chi connectivity index (χ0n) is 58.9. The number of ether oxygens (including phenoxy) is 3. The molecule has 105 heavy (non-hydrogen) atoms. The molecule has 0 atom stereocenters. The predicted molar refractivity (Wildman–Crippen MR) is 409 cm³/mol. The van der Waals surface area contributed by atoms with E-state index in [2.05, 4.69) is 82.5 Å². The van der Waals surface area contributed by atoms with Crippen LogP contribution in [-0.4, -0.2) is 111 Å². The summed E-state index contributed by atoms with van der Waals surface area (Å²) in [5, 5.41) is 25.6. The number of benzene rings is 3. The third-order valence-corrected chi connectivity index (χ3v) is 17.8. The Hall–Kier alpha value is -11.3. The van der Waals surface area contributed by atoms with Gasteiger partial charge >= 0.3 is 25.0 Å². The number of anilines is 3. The quantitative estimate of drug-likeness (QED) is 0.0277. The normalized spacial score (nSPS) is 12.6. The van der Waals surface area contributed by atoms with Gasteiger partial charge in [0.05, 0.1) is 91.7 Å². The van der Waals surface area contributed by atoms with Crippen LogP contribution in [0.3, 0.4) is 0 Å². The molecule has 0 radical (unpaired) electrons. The van der Waals surface area contributed by atoms with Gasteiger partial charge in [0, 0.05) is 127 Å². The fraction of sp³-hybridized carbons (Fsp3) is 0.203. The van der Waals surface area contributed by atoms with E-state index in [1.165, 1.54) is 31.1 Å².